The summed E-state index contributed by atoms with van der Waals surface area (Å²) in [6.45, 7) is 2.96. The molecule has 0 bridgehead atoms. The van der Waals surface area contributed by atoms with Crippen molar-refractivity contribution in [2.75, 3.05) is 13.1 Å². The molecular weight excluding hydrogens is 389 g/mol. The van der Waals surface area contributed by atoms with Crippen LogP contribution in [0.4, 0.5) is 0 Å². The molecule has 5 nitrogen and oxygen atoms in total. The molecule has 0 atom stereocenters. The zero-order chi connectivity index (χ0) is 19.4. The Morgan fingerprint density at radius 3 is 2.52 bits per heavy atom. The average Bonchev–Trinajstić information content (AvgIpc) is 2.61. The molecule has 2 aromatic rings. The number of ether oxygens (including phenoxy) is 1. The lowest BCUT2D eigenvalue weighted by atomic mass is 10.1. The third-order valence-electron chi connectivity index (χ3n) is 4.62. The predicted octanol–water partition coefficient (Wildman–Crippen LogP) is 4.26. The van der Waals surface area contributed by atoms with Crippen LogP contribution in [0.1, 0.15) is 30.6 Å². The lowest BCUT2D eigenvalue weighted by Gasteiger charge is -2.32. The van der Waals surface area contributed by atoms with E-state index in [0.29, 0.717) is 47.5 Å². The second-order valence-electron chi connectivity index (χ2n) is 6.62. The Kier molecular flexibility index (Phi) is 6.45. The zero-order valence-corrected chi connectivity index (χ0v) is 16.6. The molecule has 1 aliphatic heterocycles. The van der Waals surface area contributed by atoms with Gasteiger partial charge in [-0.25, -0.2) is 4.79 Å². The van der Waals surface area contributed by atoms with Crippen molar-refractivity contribution in [3.05, 3.63) is 62.1 Å². The van der Waals surface area contributed by atoms with Gasteiger partial charge in [0.05, 0.1) is 6.07 Å². The maximum atomic E-state index is 12.5. The first kappa shape index (κ1) is 19.8. The molecule has 27 heavy (non-hydrogen) atoms. The van der Waals surface area contributed by atoms with E-state index in [4.69, 9.17) is 32.4 Å². The number of hydrogen-bond donors (Lipinski definition) is 0. The summed E-state index contributed by atoms with van der Waals surface area (Å²) >= 11 is 12.3. The van der Waals surface area contributed by atoms with Gasteiger partial charge in [0.2, 0.25) is 5.91 Å². The van der Waals surface area contributed by atoms with Gasteiger partial charge in [0.1, 0.15) is 17.6 Å². The van der Waals surface area contributed by atoms with Gasteiger partial charge in [0.25, 0.3) is 0 Å². The van der Waals surface area contributed by atoms with Crippen molar-refractivity contribution in [3.63, 3.8) is 0 Å². The summed E-state index contributed by atoms with van der Waals surface area (Å²) in [5, 5.41) is 1.18. The summed E-state index contributed by atoms with van der Waals surface area (Å²) in [6.07, 6.45) is 2.31. The van der Waals surface area contributed by atoms with Crippen LogP contribution >= 0.6 is 23.2 Å². The molecule has 1 aliphatic rings. The van der Waals surface area contributed by atoms with Crippen LogP contribution in [0.15, 0.2) is 39.5 Å². The van der Waals surface area contributed by atoms with Crippen molar-refractivity contribution in [1.82, 2.24) is 4.90 Å². The Morgan fingerprint density at radius 1 is 1.22 bits per heavy atom. The van der Waals surface area contributed by atoms with Crippen molar-refractivity contribution >= 4 is 29.1 Å². The number of likely N-dealkylation sites (tertiary alicyclic amines) is 1. The maximum absolute atomic E-state index is 12.5. The lowest BCUT2D eigenvalue weighted by Crippen LogP contribution is -2.41. The fourth-order valence-corrected chi connectivity index (χ4v) is 3.81. The van der Waals surface area contributed by atoms with Gasteiger partial charge >= 0.3 is 5.63 Å². The topological polar surface area (TPSA) is 59.8 Å². The maximum Gasteiger partial charge on any atom is 0.339 e. The molecule has 1 fully saturated rings. The summed E-state index contributed by atoms with van der Waals surface area (Å²) in [7, 11) is 0. The van der Waals surface area contributed by atoms with E-state index in [0.717, 1.165) is 18.4 Å². The molecule has 7 heteroatoms. The molecular formula is C20H21Cl2NO4. The predicted molar refractivity (Wildman–Crippen MR) is 105 cm³/mol. The fraction of sp³-hybridized carbons (Fsp3) is 0.400. The lowest BCUT2D eigenvalue weighted by molar-refractivity contribution is -0.132. The molecule has 1 amide bonds. The Morgan fingerprint density at radius 2 is 1.89 bits per heavy atom. The van der Waals surface area contributed by atoms with Crippen molar-refractivity contribution in [3.8, 4) is 5.75 Å². The van der Waals surface area contributed by atoms with Crippen LogP contribution in [0.5, 0.6) is 5.75 Å². The van der Waals surface area contributed by atoms with Crippen molar-refractivity contribution in [2.24, 2.45) is 0 Å². The number of carbonyl (C=O) groups excluding carboxylic acids is 1. The number of piperidine rings is 1. The number of benzene rings is 1. The Hall–Kier alpha value is -1.98. The molecule has 0 aliphatic carbocycles. The minimum absolute atomic E-state index is 0.0201. The molecule has 0 N–H and O–H groups in total. The van der Waals surface area contributed by atoms with Crippen molar-refractivity contribution in [1.29, 1.82) is 0 Å². The van der Waals surface area contributed by atoms with Crippen LogP contribution in [-0.4, -0.2) is 30.0 Å². The summed E-state index contributed by atoms with van der Waals surface area (Å²) in [5.41, 5.74) is 0.390. The first-order valence-corrected chi connectivity index (χ1v) is 9.67. The second kappa shape index (κ2) is 8.81. The van der Waals surface area contributed by atoms with Gasteiger partial charge in [-0.1, -0.05) is 29.3 Å². The van der Waals surface area contributed by atoms with E-state index in [1.54, 1.807) is 31.2 Å². The third kappa shape index (κ3) is 5.27. The Bertz CT molecular complexity index is 852. The molecule has 0 saturated carbocycles. The monoisotopic (exact) mass is 409 g/mol. The number of aryl methyl sites for hydroxylation is 1. The molecule has 0 radical (unpaired) electrons. The van der Waals surface area contributed by atoms with Crippen LogP contribution in [0.2, 0.25) is 10.0 Å². The average molecular weight is 410 g/mol. The van der Waals surface area contributed by atoms with Gasteiger partial charge in [-0.15, -0.1) is 0 Å². The fourth-order valence-electron chi connectivity index (χ4n) is 3.22. The Labute approximate surface area is 167 Å². The first-order chi connectivity index (χ1) is 12.9. The number of rotatable bonds is 5. The van der Waals surface area contributed by atoms with Crippen LogP contribution in [0.3, 0.4) is 0 Å². The molecule has 3 rings (SSSR count). The Balaban J connectivity index is 1.50. The second-order valence-corrected chi connectivity index (χ2v) is 7.44. The smallest absolute Gasteiger partial charge is 0.339 e. The molecule has 2 heterocycles. The number of halogens is 2. The van der Waals surface area contributed by atoms with Crippen LogP contribution in [-0.2, 0) is 11.2 Å². The standard InChI is InChI=1S/C20H21Cl2NO4/c1-13-11-15(12-20(25)26-13)27-14-7-9-23(10-8-14)19(24)6-5-16-17(21)3-2-4-18(16)22/h2-4,11-12,14H,5-10H2,1H3. The molecule has 1 saturated heterocycles. The minimum Gasteiger partial charge on any atom is -0.490 e. The zero-order valence-electron chi connectivity index (χ0n) is 15.0. The number of hydrogen-bond acceptors (Lipinski definition) is 4. The van der Waals surface area contributed by atoms with Gasteiger partial charge < -0.3 is 14.1 Å². The summed E-state index contributed by atoms with van der Waals surface area (Å²) < 4.78 is 10.8. The highest BCUT2D eigenvalue weighted by atomic mass is 35.5. The van der Waals surface area contributed by atoms with Gasteiger partial charge in [0, 0.05) is 48.5 Å². The highest BCUT2D eigenvalue weighted by Crippen LogP contribution is 2.26. The van der Waals surface area contributed by atoms with Crippen molar-refractivity contribution < 1.29 is 13.9 Å². The molecule has 1 aromatic heterocycles. The number of nitrogens with zero attached hydrogens (tertiary/aromatic N) is 1. The van der Waals surface area contributed by atoms with Gasteiger partial charge in [-0.05, 0) is 31.0 Å². The number of amides is 1. The van der Waals surface area contributed by atoms with Gasteiger partial charge in [-0.3, -0.25) is 4.79 Å². The van der Waals surface area contributed by atoms with E-state index < -0.39 is 5.63 Å². The summed E-state index contributed by atoms with van der Waals surface area (Å²) in [5.74, 6) is 1.12. The van der Waals surface area contributed by atoms with E-state index in [1.165, 1.54) is 6.07 Å². The highest BCUT2D eigenvalue weighted by Gasteiger charge is 2.24. The van der Waals surface area contributed by atoms with E-state index in [-0.39, 0.29) is 12.0 Å². The molecule has 1 aromatic carbocycles. The SMILES string of the molecule is Cc1cc(OC2CCN(C(=O)CCc3c(Cl)cccc3Cl)CC2)cc(=O)o1. The summed E-state index contributed by atoms with van der Waals surface area (Å²) in [4.78, 5) is 25.7. The van der Waals surface area contributed by atoms with Gasteiger partial charge in [-0.2, -0.15) is 0 Å². The van der Waals surface area contributed by atoms with E-state index in [9.17, 15) is 9.59 Å². The largest absolute Gasteiger partial charge is 0.490 e. The highest BCUT2D eigenvalue weighted by molar-refractivity contribution is 6.36. The normalized spacial score (nSPS) is 15.0. The van der Waals surface area contributed by atoms with E-state index >= 15 is 0 Å². The van der Waals surface area contributed by atoms with Crippen molar-refractivity contribution in [2.45, 2.75) is 38.7 Å². The third-order valence-corrected chi connectivity index (χ3v) is 5.32. The van der Waals surface area contributed by atoms with E-state index in [1.807, 2.05) is 4.90 Å². The van der Waals surface area contributed by atoms with Crippen LogP contribution in [0, 0.1) is 6.92 Å². The summed E-state index contributed by atoms with van der Waals surface area (Å²) in [6, 6.07) is 8.40. The van der Waals surface area contributed by atoms with Crippen LogP contribution < -0.4 is 10.4 Å². The van der Waals surface area contributed by atoms with E-state index in [2.05, 4.69) is 0 Å². The quantitative estimate of drug-likeness (QED) is 0.739. The molecule has 0 unspecified atom stereocenters. The molecule has 144 valence electrons. The first-order valence-electron chi connectivity index (χ1n) is 8.91. The minimum atomic E-state index is -0.421. The number of carbonyl (C=O) groups is 1. The van der Waals surface area contributed by atoms with Gasteiger partial charge in [0.15, 0.2) is 0 Å². The van der Waals surface area contributed by atoms with Crippen LogP contribution in [0.25, 0.3) is 0 Å². The molecule has 0 spiro atoms.